The van der Waals surface area contributed by atoms with Crippen LogP contribution in [0.1, 0.15) is 27.2 Å². The summed E-state index contributed by atoms with van der Waals surface area (Å²) in [5, 5.41) is 0. The highest BCUT2D eigenvalue weighted by atomic mass is 19.1. The number of piperidine rings is 1. The summed E-state index contributed by atoms with van der Waals surface area (Å²) < 4.78 is 14.5. The van der Waals surface area contributed by atoms with Crippen LogP contribution >= 0.6 is 0 Å². The molecule has 0 spiro atoms. The number of nitrogens with zero attached hydrogens (tertiary/aromatic N) is 1. The fourth-order valence-electron chi connectivity index (χ4n) is 2.47. The molecule has 0 bridgehead atoms. The lowest BCUT2D eigenvalue weighted by Crippen LogP contribution is -2.51. The zero-order valence-electron chi connectivity index (χ0n) is 9.59. The monoisotopic (exact) mass is 199 g/mol. The molecule has 14 heavy (non-hydrogen) atoms. The fraction of sp³-hybridized carbons (Fsp3) is 0.833. The Kier molecular flexibility index (Phi) is 3.71. The van der Waals surface area contributed by atoms with Crippen molar-refractivity contribution in [2.75, 3.05) is 19.6 Å². The molecule has 1 aliphatic rings. The second-order valence-corrected chi connectivity index (χ2v) is 4.64. The van der Waals surface area contributed by atoms with Crippen LogP contribution in [0.3, 0.4) is 0 Å². The minimum absolute atomic E-state index is 0.141. The van der Waals surface area contributed by atoms with E-state index in [1.807, 2.05) is 0 Å². The van der Waals surface area contributed by atoms with Crippen LogP contribution in [-0.4, -0.2) is 30.2 Å². The van der Waals surface area contributed by atoms with Gasteiger partial charge in [-0.3, -0.25) is 0 Å². The normalized spacial score (nSPS) is 34.8. The number of alkyl halides is 1. The van der Waals surface area contributed by atoms with E-state index in [0.717, 1.165) is 19.5 Å². The third-order valence-electron chi connectivity index (χ3n) is 3.43. The SMILES string of the molecule is C=CC1(F)CN(CC)CCC1C(C)C. The van der Waals surface area contributed by atoms with Gasteiger partial charge in [0.1, 0.15) is 5.67 Å². The van der Waals surface area contributed by atoms with Gasteiger partial charge in [-0.2, -0.15) is 0 Å². The molecule has 0 aromatic rings. The molecule has 0 aromatic heterocycles. The van der Waals surface area contributed by atoms with Crippen molar-refractivity contribution < 1.29 is 4.39 Å². The maximum absolute atomic E-state index is 14.5. The lowest BCUT2D eigenvalue weighted by molar-refractivity contribution is 0.00876. The zero-order valence-corrected chi connectivity index (χ0v) is 9.59. The molecule has 1 aliphatic heterocycles. The van der Waals surface area contributed by atoms with E-state index >= 15 is 0 Å². The van der Waals surface area contributed by atoms with Crippen molar-refractivity contribution in [2.24, 2.45) is 11.8 Å². The summed E-state index contributed by atoms with van der Waals surface area (Å²) in [4.78, 5) is 2.17. The van der Waals surface area contributed by atoms with Gasteiger partial charge in [-0.1, -0.05) is 33.4 Å². The van der Waals surface area contributed by atoms with Gasteiger partial charge in [0.05, 0.1) is 0 Å². The number of likely N-dealkylation sites (tertiary alicyclic amines) is 1. The van der Waals surface area contributed by atoms with E-state index in [-0.39, 0.29) is 5.92 Å². The van der Waals surface area contributed by atoms with E-state index < -0.39 is 5.67 Å². The molecule has 2 atom stereocenters. The summed E-state index contributed by atoms with van der Waals surface area (Å²) in [6.07, 6.45) is 2.47. The van der Waals surface area contributed by atoms with Gasteiger partial charge in [0, 0.05) is 12.5 Å². The first kappa shape index (κ1) is 11.7. The van der Waals surface area contributed by atoms with Crippen LogP contribution in [0.4, 0.5) is 4.39 Å². The molecule has 82 valence electrons. The summed E-state index contributed by atoms with van der Waals surface area (Å²) in [5.41, 5.74) is -1.18. The summed E-state index contributed by atoms with van der Waals surface area (Å²) in [6.45, 7) is 12.4. The quantitative estimate of drug-likeness (QED) is 0.632. The van der Waals surface area contributed by atoms with Crippen LogP contribution < -0.4 is 0 Å². The number of hydrogen-bond acceptors (Lipinski definition) is 1. The first-order chi connectivity index (χ1) is 6.53. The van der Waals surface area contributed by atoms with Crippen LogP contribution in [0.15, 0.2) is 12.7 Å². The van der Waals surface area contributed by atoms with Crippen molar-refractivity contribution in [3.8, 4) is 0 Å². The van der Waals surface area contributed by atoms with Gasteiger partial charge in [0.2, 0.25) is 0 Å². The molecule has 1 saturated heterocycles. The Morgan fingerprint density at radius 3 is 2.71 bits per heavy atom. The molecule has 1 nitrogen and oxygen atoms in total. The molecule has 0 aromatic carbocycles. The molecule has 0 saturated carbocycles. The fourth-order valence-corrected chi connectivity index (χ4v) is 2.47. The summed E-state index contributed by atoms with van der Waals surface area (Å²) >= 11 is 0. The smallest absolute Gasteiger partial charge is 0.144 e. The van der Waals surface area contributed by atoms with E-state index in [2.05, 4.69) is 32.3 Å². The molecule has 2 unspecified atom stereocenters. The summed E-state index contributed by atoms with van der Waals surface area (Å²) in [7, 11) is 0. The maximum atomic E-state index is 14.5. The molecule has 0 aliphatic carbocycles. The average molecular weight is 199 g/mol. The Morgan fingerprint density at radius 2 is 2.29 bits per heavy atom. The Morgan fingerprint density at radius 1 is 1.64 bits per heavy atom. The second-order valence-electron chi connectivity index (χ2n) is 4.64. The minimum Gasteiger partial charge on any atom is -0.300 e. The lowest BCUT2D eigenvalue weighted by atomic mass is 9.76. The first-order valence-corrected chi connectivity index (χ1v) is 5.58. The minimum atomic E-state index is -1.18. The third-order valence-corrected chi connectivity index (χ3v) is 3.43. The molecule has 1 heterocycles. The molecule has 2 heteroatoms. The van der Waals surface area contributed by atoms with Crippen molar-refractivity contribution in [1.29, 1.82) is 0 Å². The molecular formula is C12H22FN. The van der Waals surface area contributed by atoms with Crippen molar-refractivity contribution in [1.82, 2.24) is 4.90 Å². The van der Waals surface area contributed by atoms with Gasteiger partial charge < -0.3 is 4.90 Å². The van der Waals surface area contributed by atoms with E-state index in [4.69, 9.17) is 0 Å². The largest absolute Gasteiger partial charge is 0.300 e. The predicted molar refractivity (Wildman–Crippen MR) is 59.1 cm³/mol. The standard InChI is InChI=1S/C12H22FN/c1-5-12(13)9-14(6-2)8-7-11(12)10(3)4/h5,10-11H,1,6-9H2,2-4H3. The topological polar surface area (TPSA) is 3.24 Å². The summed E-state index contributed by atoms with van der Waals surface area (Å²) in [5.74, 6) is 0.541. The third kappa shape index (κ3) is 2.17. The molecular weight excluding hydrogens is 177 g/mol. The Labute approximate surface area is 87.0 Å². The summed E-state index contributed by atoms with van der Waals surface area (Å²) in [6, 6.07) is 0. The highest BCUT2D eigenvalue weighted by molar-refractivity contribution is 5.06. The van der Waals surface area contributed by atoms with Gasteiger partial charge in [-0.15, -0.1) is 0 Å². The number of hydrogen-bond donors (Lipinski definition) is 0. The average Bonchev–Trinajstić information content (AvgIpc) is 2.17. The lowest BCUT2D eigenvalue weighted by Gasteiger charge is -2.43. The second kappa shape index (κ2) is 4.43. The zero-order chi connectivity index (χ0) is 10.8. The van der Waals surface area contributed by atoms with Crippen LogP contribution in [0, 0.1) is 11.8 Å². The van der Waals surface area contributed by atoms with Crippen LogP contribution in [0.5, 0.6) is 0 Å². The molecule has 1 fully saturated rings. The number of rotatable bonds is 3. The van der Waals surface area contributed by atoms with Gasteiger partial charge in [0.15, 0.2) is 0 Å². The van der Waals surface area contributed by atoms with Crippen molar-refractivity contribution in [3.63, 3.8) is 0 Å². The van der Waals surface area contributed by atoms with Crippen molar-refractivity contribution in [3.05, 3.63) is 12.7 Å². The van der Waals surface area contributed by atoms with Gasteiger partial charge >= 0.3 is 0 Å². The molecule has 0 N–H and O–H groups in total. The van der Waals surface area contributed by atoms with Crippen LogP contribution in [-0.2, 0) is 0 Å². The van der Waals surface area contributed by atoms with Crippen molar-refractivity contribution >= 4 is 0 Å². The van der Waals surface area contributed by atoms with E-state index in [0.29, 0.717) is 12.5 Å². The first-order valence-electron chi connectivity index (χ1n) is 5.58. The van der Waals surface area contributed by atoms with Crippen LogP contribution in [0.25, 0.3) is 0 Å². The van der Waals surface area contributed by atoms with Crippen molar-refractivity contribution in [2.45, 2.75) is 32.9 Å². The van der Waals surface area contributed by atoms with Gasteiger partial charge in [-0.05, 0) is 25.4 Å². The molecule has 0 radical (unpaired) electrons. The van der Waals surface area contributed by atoms with Gasteiger partial charge in [0.25, 0.3) is 0 Å². The predicted octanol–water partition coefficient (Wildman–Crippen LogP) is 2.88. The highest BCUT2D eigenvalue weighted by Gasteiger charge is 2.42. The Bertz CT molecular complexity index is 202. The number of halogens is 1. The van der Waals surface area contributed by atoms with Crippen LogP contribution in [0.2, 0.25) is 0 Å². The Hall–Kier alpha value is -0.370. The van der Waals surface area contributed by atoms with E-state index in [9.17, 15) is 4.39 Å². The highest BCUT2D eigenvalue weighted by Crippen LogP contribution is 2.37. The van der Waals surface area contributed by atoms with E-state index in [1.165, 1.54) is 6.08 Å². The van der Waals surface area contributed by atoms with Gasteiger partial charge in [-0.25, -0.2) is 4.39 Å². The maximum Gasteiger partial charge on any atom is 0.144 e. The Balaban J connectivity index is 2.76. The van der Waals surface area contributed by atoms with E-state index in [1.54, 1.807) is 0 Å². The molecule has 1 rings (SSSR count). The molecule has 0 amide bonds.